The first kappa shape index (κ1) is 49.2. The van der Waals surface area contributed by atoms with Gasteiger partial charge in [-0.15, -0.1) is 0 Å². The summed E-state index contributed by atoms with van der Waals surface area (Å²) in [6, 6.07) is 16.6. The molecule has 8 bridgehead atoms. The number of carbonyl (C=O) groups is 2. The van der Waals surface area contributed by atoms with Crippen molar-refractivity contribution < 1.29 is 40.7 Å². The van der Waals surface area contributed by atoms with Gasteiger partial charge in [-0.3, -0.25) is 9.59 Å². The standard InChI is InChI=1S/C51H65F3N2O6S/c1-47(2,3)37-19-29-15-33-23-39(49(7,8)9)25-35(45(33)61-13)17-31-21-38(48(4,5)6)22-32(42(31)28-44(58)56-63(59,60)51(52,53)54)18-36-26-40(50(10,11)12)24-34(46(36)62-14)16-30(20-37)41(29)27-43(55)57/h19-26H,15-18,27-28H2,1-14H3,(H2,55,57)(H,56,58). The molecule has 3 N–H and O–H groups in total. The lowest BCUT2D eigenvalue weighted by Gasteiger charge is -2.29. The number of hydrogen-bond acceptors (Lipinski definition) is 6. The number of hydrogen-bond donors (Lipinski definition) is 2. The van der Waals surface area contributed by atoms with Crippen LogP contribution >= 0.6 is 0 Å². The zero-order chi connectivity index (χ0) is 47.4. The number of nitrogens with two attached hydrogens (primary N) is 1. The molecule has 1 aliphatic carbocycles. The van der Waals surface area contributed by atoms with Gasteiger partial charge in [-0.1, -0.05) is 132 Å². The molecule has 4 aromatic carbocycles. The fraction of sp³-hybridized carbons (Fsp3) is 0.490. The molecular formula is C51H65F3N2O6S. The fourth-order valence-corrected chi connectivity index (χ4v) is 8.86. The van der Waals surface area contributed by atoms with Crippen molar-refractivity contribution in [1.29, 1.82) is 0 Å². The maximum atomic E-state index is 13.7. The summed E-state index contributed by atoms with van der Waals surface area (Å²) in [5, 5.41) is 0. The van der Waals surface area contributed by atoms with Crippen LogP contribution in [0.4, 0.5) is 13.2 Å². The maximum absolute atomic E-state index is 13.7. The number of amides is 2. The van der Waals surface area contributed by atoms with E-state index in [9.17, 15) is 31.2 Å². The number of ether oxygens (including phenoxy) is 2. The van der Waals surface area contributed by atoms with E-state index in [0.717, 1.165) is 61.2 Å². The number of nitrogens with one attached hydrogen (secondary N) is 1. The normalized spacial score (nSPS) is 14.0. The van der Waals surface area contributed by atoms with Crippen LogP contribution in [-0.2, 0) is 79.8 Å². The molecule has 1 aliphatic rings. The number of primary amides is 1. The lowest BCUT2D eigenvalue weighted by Crippen LogP contribution is -2.41. The third-order valence-corrected chi connectivity index (χ3v) is 13.1. The van der Waals surface area contributed by atoms with E-state index in [2.05, 4.69) is 119 Å². The summed E-state index contributed by atoms with van der Waals surface area (Å²) in [6.07, 6.45) is 0.495. The number of rotatable bonds is 7. The Morgan fingerprint density at radius 1 is 0.524 bits per heavy atom. The predicted octanol–water partition coefficient (Wildman–Crippen LogP) is 10.1. The first-order valence-electron chi connectivity index (χ1n) is 21.3. The first-order chi connectivity index (χ1) is 28.7. The number of methoxy groups -OCH3 is 2. The minimum absolute atomic E-state index is 0.00693. The average molecular weight is 891 g/mol. The summed E-state index contributed by atoms with van der Waals surface area (Å²) in [6.45, 7) is 25.3. The van der Waals surface area contributed by atoms with Crippen molar-refractivity contribution in [2.45, 2.75) is 149 Å². The predicted molar refractivity (Wildman–Crippen MR) is 245 cm³/mol. The first-order valence-corrected chi connectivity index (χ1v) is 22.8. The Kier molecular flexibility index (Phi) is 13.5. The molecule has 5 rings (SSSR count). The molecule has 0 aliphatic heterocycles. The van der Waals surface area contributed by atoms with E-state index in [0.29, 0.717) is 41.0 Å². The number of fused-ring (bicyclic) bond motifs is 8. The highest BCUT2D eigenvalue weighted by Crippen LogP contribution is 2.42. The van der Waals surface area contributed by atoms with E-state index >= 15 is 0 Å². The smallest absolute Gasteiger partial charge is 0.496 e. The quantitative estimate of drug-likeness (QED) is 0.168. The minimum Gasteiger partial charge on any atom is -0.496 e. The van der Waals surface area contributed by atoms with Crippen molar-refractivity contribution in [2.24, 2.45) is 5.73 Å². The van der Waals surface area contributed by atoms with Gasteiger partial charge >= 0.3 is 15.5 Å². The SMILES string of the molecule is COc1c2cc(C(C)(C)C)cc1Cc1cc(C(C)(C)C)cc(c1CC(=O)NS(=O)(=O)C(F)(F)F)Cc1cc(C(C)(C)C)cc(c1OC)Cc1cc(C(C)(C)C)cc(c1CC(N)=O)C2. The van der Waals surface area contributed by atoms with Crippen LogP contribution in [0.2, 0.25) is 0 Å². The second-order valence-corrected chi connectivity index (χ2v) is 22.9. The zero-order valence-electron chi connectivity index (χ0n) is 39.4. The van der Waals surface area contributed by atoms with Crippen LogP contribution in [0, 0.1) is 0 Å². The third-order valence-electron chi connectivity index (χ3n) is 12.0. The van der Waals surface area contributed by atoms with Gasteiger partial charge in [0.2, 0.25) is 11.8 Å². The maximum Gasteiger partial charge on any atom is 0.516 e. The van der Waals surface area contributed by atoms with E-state index in [1.54, 1.807) is 14.2 Å². The van der Waals surface area contributed by atoms with Crippen molar-refractivity contribution >= 4 is 21.8 Å². The Labute approximate surface area is 372 Å². The molecule has 12 heteroatoms. The second kappa shape index (κ2) is 17.3. The van der Waals surface area contributed by atoms with Crippen LogP contribution in [0.1, 0.15) is 161 Å². The van der Waals surface area contributed by atoms with E-state index in [4.69, 9.17) is 15.2 Å². The van der Waals surface area contributed by atoms with Gasteiger partial charge in [0.1, 0.15) is 11.5 Å². The van der Waals surface area contributed by atoms with Gasteiger partial charge in [-0.25, -0.2) is 4.72 Å². The Hall–Kier alpha value is -4.84. The largest absolute Gasteiger partial charge is 0.516 e. The topological polar surface area (TPSA) is 125 Å². The van der Waals surface area contributed by atoms with E-state index < -0.39 is 39.2 Å². The Morgan fingerprint density at radius 3 is 1.00 bits per heavy atom. The highest BCUT2D eigenvalue weighted by molar-refractivity contribution is 7.90. The van der Waals surface area contributed by atoms with Crippen LogP contribution in [0.25, 0.3) is 0 Å². The summed E-state index contributed by atoms with van der Waals surface area (Å²) < 4.78 is 79.4. The van der Waals surface area contributed by atoms with Crippen LogP contribution in [0.3, 0.4) is 0 Å². The van der Waals surface area contributed by atoms with E-state index in [1.807, 2.05) is 12.1 Å². The summed E-state index contributed by atoms with van der Waals surface area (Å²) in [4.78, 5) is 26.7. The van der Waals surface area contributed by atoms with Crippen molar-refractivity contribution in [3.63, 3.8) is 0 Å². The van der Waals surface area contributed by atoms with Gasteiger partial charge < -0.3 is 15.2 Å². The number of benzene rings is 4. The molecule has 0 heterocycles. The lowest BCUT2D eigenvalue weighted by atomic mass is 9.77. The molecule has 0 fully saturated rings. The van der Waals surface area contributed by atoms with Crippen molar-refractivity contribution in [3.05, 3.63) is 126 Å². The highest BCUT2D eigenvalue weighted by Gasteiger charge is 2.47. The molecule has 342 valence electrons. The van der Waals surface area contributed by atoms with Gasteiger partial charge in [0, 0.05) is 25.7 Å². The van der Waals surface area contributed by atoms with E-state index in [-0.39, 0.29) is 35.5 Å². The summed E-state index contributed by atoms with van der Waals surface area (Å²) in [5.41, 5.74) is 10.6. The van der Waals surface area contributed by atoms with Crippen LogP contribution in [0.5, 0.6) is 11.5 Å². The summed E-state index contributed by atoms with van der Waals surface area (Å²) >= 11 is 0. The Morgan fingerprint density at radius 2 is 0.778 bits per heavy atom. The number of sulfonamides is 1. The monoisotopic (exact) mass is 890 g/mol. The van der Waals surface area contributed by atoms with Gasteiger partial charge in [0.25, 0.3) is 0 Å². The van der Waals surface area contributed by atoms with Gasteiger partial charge in [0.15, 0.2) is 0 Å². The molecule has 0 saturated carbocycles. The Balaban J connectivity index is 2.00. The Bertz CT molecular complexity index is 2430. The molecule has 8 nitrogen and oxygen atoms in total. The average Bonchev–Trinajstić information content (AvgIpc) is 3.11. The number of carbonyl (C=O) groups excluding carboxylic acids is 2. The highest BCUT2D eigenvalue weighted by atomic mass is 32.2. The molecular weight excluding hydrogens is 826 g/mol. The van der Waals surface area contributed by atoms with Gasteiger partial charge in [0.05, 0.1) is 27.1 Å². The lowest BCUT2D eigenvalue weighted by molar-refractivity contribution is -0.119. The molecule has 0 aromatic heterocycles. The molecule has 0 atom stereocenters. The number of alkyl halides is 3. The van der Waals surface area contributed by atoms with Gasteiger partial charge in [-0.2, -0.15) is 21.6 Å². The van der Waals surface area contributed by atoms with Crippen LogP contribution in [-0.4, -0.2) is 40.0 Å². The molecule has 2 amide bonds. The van der Waals surface area contributed by atoms with Crippen LogP contribution in [0.15, 0.2) is 48.5 Å². The zero-order valence-corrected chi connectivity index (χ0v) is 40.2. The molecule has 0 saturated heterocycles. The fourth-order valence-electron chi connectivity index (χ4n) is 8.37. The van der Waals surface area contributed by atoms with Crippen molar-refractivity contribution in [3.8, 4) is 11.5 Å². The molecule has 0 spiro atoms. The summed E-state index contributed by atoms with van der Waals surface area (Å²) in [5.74, 6) is -0.602. The second-order valence-electron chi connectivity index (χ2n) is 21.2. The van der Waals surface area contributed by atoms with E-state index in [1.165, 1.54) is 4.72 Å². The number of halogens is 3. The molecule has 63 heavy (non-hydrogen) atoms. The van der Waals surface area contributed by atoms with Crippen LogP contribution < -0.4 is 19.9 Å². The van der Waals surface area contributed by atoms with Gasteiger partial charge in [-0.05, 0) is 99.5 Å². The van der Waals surface area contributed by atoms with Crippen molar-refractivity contribution in [1.82, 2.24) is 4.72 Å². The minimum atomic E-state index is -5.99. The molecule has 0 unspecified atom stereocenters. The molecule has 0 radical (unpaired) electrons. The molecule has 4 aromatic rings. The van der Waals surface area contributed by atoms with Crippen molar-refractivity contribution in [2.75, 3.05) is 14.2 Å². The third kappa shape index (κ3) is 11.1. The summed E-state index contributed by atoms with van der Waals surface area (Å²) in [7, 11) is -2.80.